The molecule has 1 aromatic rings. The van der Waals surface area contributed by atoms with E-state index in [9.17, 15) is 4.79 Å². The van der Waals surface area contributed by atoms with Crippen molar-refractivity contribution >= 4 is 5.78 Å². The molecule has 0 saturated heterocycles. The highest BCUT2D eigenvalue weighted by atomic mass is 16.1. The molecule has 70 valence electrons. The van der Waals surface area contributed by atoms with Crippen LogP contribution in [0.15, 0.2) is 18.7 Å². The van der Waals surface area contributed by atoms with Gasteiger partial charge in [0.1, 0.15) is 5.69 Å². The lowest BCUT2D eigenvalue weighted by Gasteiger charge is -1.93. The van der Waals surface area contributed by atoms with Gasteiger partial charge in [0, 0.05) is 14.4 Å². The number of carbonyl (C=O) groups is 1. The zero-order valence-electron chi connectivity index (χ0n) is 7.66. The Hall–Kier alpha value is -1.38. The number of hydrogen-bond donors (Lipinski definition) is 0. The molecule has 0 aliphatic heterocycles. The van der Waals surface area contributed by atoms with Crippen molar-refractivity contribution in [2.75, 3.05) is 0 Å². The third-order valence-electron chi connectivity index (χ3n) is 2.33. The van der Waals surface area contributed by atoms with Gasteiger partial charge in [-0.1, -0.05) is 6.58 Å². The average molecular weight is 178 g/mol. The summed E-state index contributed by atoms with van der Waals surface area (Å²) in [5.41, 5.74) is 1.68. The molecule has 3 heteroatoms. The maximum absolute atomic E-state index is 11.3. The quantitative estimate of drug-likeness (QED) is 0.523. The fraction of sp³-hybridized carbons (Fsp3) is 0.400. The van der Waals surface area contributed by atoms with Gasteiger partial charge >= 0.3 is 0 Å². The molecule has 0 unspecified atom stereocenters. The first-order valence-corrected chi connectivity index (χ1v) is 4.43. The predicted octanol–water partition coefficient (Wildman–Crippen LogP) is 1.91. The summed E-state index contributed by atoms with van der Waals surface area (Å²) in [6.45, 7) is 3.46. The van der Waals surface area contributed by atoms with Gasteiger partial charge in [0.05, 0.1) is 5.69 Å². The number of hydrogen-bond acceptors (Lipinski definition) is 2. The number of aryl methyl sites for hydroxylation is 1. The molecule has 1 fully saturated rings. The first-order chi connectivity index (χ1) is 6.22. The van der Waals surface area contributed by atoms with Crippen LogP contribution >= 0.6 is 0 Å². The molecular weight excluding hydrogens is 164 g/mol. The van der Waals surface area contributed by atoms with E-state index in [0.29, 0.717) is 11.6 Å². The van der Waals surface area contributed by atoms with Crippen LogP contribution in [0.25, 0.3) is 0 Å². The number of carbonyl (C=O) groups excluding carboxylic acids is 1. The Kier molecular flexibility index (Phi) is 1.79. The summed E-state index contributed by atoms with van der Waals surface area (Å²) in [5.74, 6) is 0.541. The highest BCUT2D eigenvalue weighted by molar-refractivity contribution is 6.02. The molecule has 1 aliphatic carbocycles. The van der Waals surface area contributed by atoms with Crippen LogP contribution < -0.4 is 0 Å². The van der Waals surface area contributed by atoms with E-state index in [2.05, 4.69) is 11.7 Å². The summed E-state index contributed by atoms with van der Waals surface area (Å²) in [7, 11) is 1.79. The first kappa shape index (κ1) is 8.23. The Balaban J connectivity index is 0.000000980. The first-order valence-electron chi connectivity index (χ1n) is 4.43. The van der Waals surface area contributed by atoms with E-state index in [4.69, 9.17) is 0 Å². The third-order valence-corrected chi connectivity index (χ3v) is 2.33. The molecule has 1 aromatic heterocycles. The molecule has 2 rings (SSSR count). The molecule has 13 heavy (non-hydrogen) atoms. The Morgan fingerprint density at radius 2 is 2.54 bits per heavy atom. The lowest BCUT2D eigenvalue weighted by atomic mass is 10.2. The van der Waals surface area contributed by atoms with Crippen LogP contribution in [0.2, 0.25) is 0 Å². The Morgan fingerprint density at radius 3 is 3.08 bits per heavy atom. The summed E-state index contributed by atoms with van der Waals surface area (Å²) in [6.07, 6.45) is 3.74. The van der Waals surface area contributed by atoms with E-state index in [1.165, 1.54) is 18.9 Å². The minimum atomic E-state index is -0.0538. The van der Waals surface area contributed by atoms with Gasteiger partial charge in [0.2, 0.25) is 5.78 Å². The number of rotatable bonds is 3. The summed E-state index contributed by atoms with van der Waals surface area (Å²) in [6, 6.07) is 1.88. The van der Waals surface area contributed by atoms with E-state index >= 15 is 0 Å². The lowest BCUT2D eigenvalue weighted by molar-refractivity contribution is 0.103. The van der Waals surface area contributed by atoms with Crippen molar-refractivity contribution in [3.8, 4) is 0 Å². The second kappa shape index (κ2) is 2.83. The Bertz CT molecular complexity index is 366. The zero-order valence-corrected chi connectivity index (χ0v) is 7.66. The molecule has 0 amide bonds. The van der Waals surface area contributed by atoms with Crippen molar-refractivity contribution < 1.29 is 6.22 Å². The van der Waals surface area contributed by atoms with Crippen molar-refractivity contribution in [1.82, 2.24) is 9.78 Å². The molecule has 0 atom stereocenters. The number of allylic oxidation sites excluding steroid dienone is 1. The summed E-state index contributed by atoms with van der Waals surface area (Å²) >= 11 is 0. The molecule has 0 N–H and O–H groups in total. The highest BCUT2D eigenvalue weighted by Crippen LogP contribution is 2.39. The standard InChI is InChI=1S/C10H12N2O.H2/c1-3-10(13)9-6-8(7-4-5-7)11-12(9)2;/h3,6-7H,1,4-5H2,2H3;1H. The van der Waals surface area contributed by atoms with Crippen LogP contribution in [0.5, 0.6) is 0 Å². The number of ketones is 1. The van der Waals surface area contributed by atoms with Crippen LogP contribution in [0, 0.1) is 0 Å². The molecule has 1 saturated carbocycles. The van der Waals surface area contributed by atoms with Crippen molar-refractivity contribution in [1.29, 1.82) is 0 Å². The van der Waals surface area contributed by atoms with Gasteiger partial charge in [0.25, 0.3) is 0 Å². The van der Waals surface area contributed by atoms with Crippen molar-refractivity contribution in [3.63, 3.8) is 0 Å². The maximum Gasteiger partial charge on any atom is 0.203 e. The zero-order chi connectivity index (χ0) is 9.42. The smallest absolute Gasteiger partial charge is 0.203 e. The molecule has 0 spiro atoms. The van der Waals surface area contributed by atoms with Crippen molar-refractivity contribution in [2.45, 2.75) is 18.8 Å². The van der Waals surface area contributed by atoms with Crippen LogP contribution in [0.1, 0.15) is 36.4 Å². The van der Waals surface area contributed by atoms with Gasteiger partial charge in [-0.25, -0.2) is 0 Å². The molecule has 3 nitrogen and oxygen atoms in total. The predicted molar refractivity (Wildman–Crippen MR) is 51.8 cm³/mol. The van der Waals surface area contributed by atoms with E-state index in [1.54, 1.807) is 11.7 Å². The van der Waals surface area contributed by atoms with Crippen LogP contribution in [-0.2, 0) is 7.05 Å². The van der Waals surface area contributed by atoms with Gasteiger partial charge in [-0.15, -0.1) is 0 Å². The fourth-order valence-corrected chi connectivity index (χ4v) is 1.40. The second-order valence-electron chi connectivity index (χ2n) is 3.42. The molecule has 0 bridgehead atoms. The van der Waals surface area contributed by atoms with Crippen LogP contribution in [-0.4, -0.2) is 15.6 Å². The molecular formula is C10H14N2O. The van der Waals surface area contributed by atoms with E-state index in [0.717, 1.165) is 5.69 Å². The van der Waals surface area contributed by atoms with Crippen LogP contribution in [0.4, 0.5) is 0 Å². The lowest BCUT2D eigenvalue weighted by Crippen LogP contribution is -2.03. The average Bonchev–Trinajstić information content (AvgIpc) is 2.89. The topological polar surface area (TPSA) is 34.9 Å². The van der Waals surface area contributed by atoms with Gasteiger partial charge in [-0.2, -0.15) is 5.10 Å². The third kappa shape index (κ3) is 1.41. The number of nitrogens with zero attached hydrogens (tertiary/aromatic N) is 2. The van der Waals surface area contributed by atoms with Crippen molar-refractivity contribution in [3.05, 3.63) is 30.1 Å². The van der Waals surface area contributed by atoms with E-state index < -0.39 is 0 Å². The normalized spacial score (nSPS) is 15.8. The SMILES string of the molecule is C=CC(=O)c1cc(C2CC2)nn1C.[HH]. The minimum Gasteiger partial charge on any atom is -0.288 e. The minimum absolute atomic E-state index is 0. The van der Waals surface area contributed by atoms with Gasteiger partial charge in [-0.05, 0) is 25.0 Å². The highest BCUT2D eigenvalue weighted by Gasteiger charge is 2.27. The second-order valence-corrected chi connectivity index (χ2v) is 3.42. The maximum atomic E-state index is 11.3. The van der Waals surface area contributed by atoms with E-state index in [-0.39, 0.29) is 7.21 Å². The molecule has 1 aliphatic rings. The fourth-order valence-electron chi connectivity index (χ4n) is 1.40. The van der Waals surface area contributed by atoms with Crippen LogP contribution in [0.3, 0.4) is 0 Å². The summed E-state index contributed by atoms with van der Waals surface area (Å²) in [5, 5.41) is 4.29. The molecule has 1 heterocycles. The monoisotopic (exact) mass is 178 g/mol. The summed E-state index contributed by atoms with van der Waals surface area (Å²) in [4.78, 5) is 11.3. The van der Waals surface area contributed by atoms with Gasteiger partial charge in [-0.3, -0.25) is 9.48 Å². The van der Waals surface area contributed by atoms with Crippen molar-refractivity contribution in [2.24, 2.45) is 7.05 Å². The van der Waals surface area contributed by atoms with Gasteiger partial charge in [0.15, 0.2) is 0 Å². The number of aromatic nitrogens is 2. The molecule has 0 aromatic carbocycles. The Labute approximate surface area is 78.5 Å². The Morgan fingerprint density at radius 1 is 1.85 bits per heavy atom. The molecule has 0 radical (unpaired) electrons. The largest absolute Gasteiger partial charge is 0.288 e. The van der Waals surface area contributed by atoms with E-state index in [1.807, 2.05) is 6.07 Å². The summed E-state index contributed by atoms with van der Waals surface area (Å²) < 4.78 is 1.64. The van der Waals surface area contributed by atoms with Gasteiger partial charge < -0.3 is 0 Å².